The van der Waals surface area contributed by atoms with Crippen LogP contribution in [0.15, 0.2) is 57.5 Å². The maximum Gasteiger partial charge on any atom is 0.234 e. The molecule has 21 heavy (non-hydrogen) atoms. The highest BCUT2D eigenvalue weighted by Crippen LogP contribution is 2.32. The minimum atomic E-state index is -0.0690. The fourth-order valence-electron chi connectivity index (χ4n) is 2.55. The van der Waals surface area contributed by atoms with Crippen LogP contribution in [0.5, 0.6) is 0 Å². The molecule has 1 heterocycles. The van der Waals surface area contributed by atoms with E-state index in [0.29, 0.717) is 6.54 Å². The van der Waals surface area contributed by atoms with E-state index in [9.17, 15) is 4.79 Å². The number of piperazine rings is 1. The molecule has 1 saturated heterocycles. The van der Waals surface area contributed by atoms with E-state index in [1.807, 2.05) is 36.4 Å². The largest absolute Gasteiger partial charge is 0.346 e. The summed E-state index contributed by atoms with van der Waals surface area (Å²) in [6.07, 6.45) is 0. The second-order valence-electron chi connectivity index (χ2n) is 5.01. The number of carbonyl (C=O) groups excluding carboxylic acids is 1. The number of amides is 1. The Hall–Kier alpha value is -1.17. The molecule has 0 radical (unpaired) electrons. The van der Waals surface area contributed by atoms with Gasteiger partial charge in [-0.1, -0.05) is 56.1 Å². The third kappa shape index (κ3) is 3.36. The first-order chi connectivity index (χ1) is 10.1. The van der Waals surface area contributed by atoms with Crippen molar-refractivity contribution in [3.63, 3.8) is 0 Å². The molecule has 2 aromatic carbocycles. The van der Waals surface area contributed by atoms with Gasteiger partial charge in [-0.25, -0.2) is 0 Å². The summed E-state index contributed by atoms with van der Waals surface area (Å²) < 4.78 is 2.08. The monoisotopic (exact) mass is 408 g/mol. The van der Waals surface area contributed by atoms with E-state index < -0.39 is 0 Å². The number of nitrogens with one attached hydrogen (secondary N) is 2. The van der Waals surface area contributed by atoms with Gasteiger partial charge in [0.05, 0.1) is 18.6 Å². The van der Waals surface area contributed by atoms with Crippen molar-refractivity contribution < 1.29 is 4.79 Å². The number of carbonyl (C=O) groups is 1. The van der Waals surface area contributed by atoms with Gasteiger partial charge >= 0.3 is 0 Å². The van der Waals surface area contributed by atoms with Crippen LogP contribution in [0.3, 0.4) is 0 Å². The molecule has 1 aliphatic heterocycles. The summed E-state index contributed by atoms with van der Waals surface area (Å²) in [4.78, 5) is 11.8. The summed E-state index contributed by atoms with van der Waals surface area (Å²) in [5.41, 5.74) is 2.25. The van der Waals surface area contributed by atoms with Crippen LogP contribution in [0, 0.1) is 0 Å². The van der Waals surface area contributed by atoms with E-state index in [2.05, 4.69) is 54.6 Å². The van der Waals surface area contributed by atoms with Gasteiger partial charge in [-0.15, -0.1) is 0 Å². The SMILES string of the molecule is O=C1CNC(c2ccc(Br)cc2)C(c2ccc(Br)cc2)N1. The van der Waals surface area contributed by atoms with E-state index >= 15 is 0 Å². The summed E-state index contributed by atoms with van der Waals surface area (Å²) in [6.45, 7) is 0.341. The van der Waals surface area contributed by atoms with Gasteiger partial charge in [0, 0.05) is 8.95 Å². The Morgan fingerprint density at radius 3 is 1.81 bits per heavy atom. The van der Waals surface area contributed by atoms with E-state index in [1.54, 1.807) is 0 Å². The average Bonchev–Trinajstić information content (AvgIpc) is 2.49. The topological polar surface area (TPSA) is 41.1 Å². The summed E-state index contributed by atoms with van der Waals surface area (Å²) in [6, 6.07) is 16.2. The summed E-state index contributed by atoms with van der Waals surface area (Å²) in [7, 11) is 0. The molecule has 1 fully saturated rings. The quantitative estimate of drug-likeness (QED) is 0.793. The molecule has 0 aromatic heterocycles. The van der Waals surface area contributed by atoms with Crippen molar-refractivity contribution in [1.29, 1.82) is 0 Å². The Kier molecular flexibility index (Phi) is 4.42. The molecule has 3 rings (SSSR count). The molecular weight excluding hydrogens is 396 g/mol. The predicted octanol–water partition coefficient (Wildman–Crippen LogP) is 3.71. The third-order valence-corrected chi connectivity index (χ3v) is 4.65. The zero-order valence-corrected chi connectivity index (χ0v) is 14.3. The Labute approximate surface area is 140 Å². The fourth-order valence-corrected chi connectivity index (χ4v) is 3.08. The van der Waals surface area contributed by atoms with E-state index in [0.717, 1.165) is 20.1 Å². The Balaban J connectivity index is 1.94. The van der Waals surface area contributed by atoms with Crippen LogP contribution in [0.1, 0.15) is 23.2 Å². The van der Waals surface area contributed by atoms with Crippen LogP contribution in [0.4, 0.5) is 0 Å². The highest BCUT2D eigenvalue weighted by molar-refractivity contribution is 9.10. The summed E-state index contributed by atoms with van der Waals surface area (Å²) in [5.74, 6) is 0.0243. The second kappa shape index (κ2) is 6.30. The van der Waals surface area contributed by atoms with E-state index in [-0.39, 0.29) is 18.0 Å². The zero-order valence-electron chi connectivity index (χ0n) is 11.1. The Morgan fingerprint density at radius 2 is 1.29 bits per heavy atom. The molecular formula is C16H14Br2N2O. The lowest BCUT2D eigenvalue weighted by atomic mass is 9.92. The van der Waals surface area contributed by atoms with Gasteiger partial charge in [-0.05, 0) is 35.4 Å². The van der Waals surface area contributed by atoms with Crippen molar-refractivity contribution in [3.8, 4) is 0 Å². The Bertz CT molecular complexity index is 640. The van der Waals surface area contributed by atoms with Crippen LogP contribution in [-0.2, 0) is 4.79 Å². The molecule has 1 aliphatic rings. The fraction of sp³-hybridized carbons (Fsp3) is 0.188. The van der Waals surface area contributed by atoms with Crippen LogP contribution < -0.4 is 10.6 Å². The molecule has 5 heteroatoms. The van der Waals surface area contributed by atoms with Crippen LogP contribution >= 0.6 is 31.9 Å². The maximum atomic E-state index is 11.8. The van der Waals surface area contributed by atoms with Gasteiger partial charge in [0.1, 0.15) is 0 Å². The van der Waals surface area contributed by atoms with Gasteiger partial charge in [0.15, 0.2) is 0 Å². The Morgan fingerprint density at radius 1 is 0.810 bits per heavy atom. The van der Waals surface area contributed by atoms with Gasteiger partial charge in [0.2, 0.25) is 5.91 Å². The minimum absolute atomic E-state index is 0.0243. The average molecular weight is 410 g/mol. The predicted molar refractivity (Wildman–Crippen MR) is 89.9 cm³/mol. The van der Waals surface area contributed by atoms with Crippen LogP contribution in [0.25, 0.3) is 0 Å². The highest BCUT2D eigenvalue weighted by Gasteiger charge is 2.30. The van der Waals surface area contributed by atoms with Crippen molar-refractivity contribution >= 4 is 37.8 Å². The standard InChI is InChI=1S/C16H14Br2N2O/c17-12-5-1-10(2-6-12)15-16(20-14(21)9-19-15)11-3-7-13(18)8-4-11/h1-8,15-16,19H,9H2,(H,20,21). The lowest BCUT2D eigenvalue weighted by Gasteiger charge is -2.34. The summed E-state index contributed by atoms with van der Waals surface area (Å²) in [5, 5.41) is 6.42. The molecule has 2 unspecified atom stereocenters. The zero-order chi connectivity index (χ0) is 14.8. The van der Waals surface area contributed by atoms with E-state index in [4.69, 9.17) is 0 Å². The molecule has 0 bridgehead atoms. The molecule has 1 amide bonds. The van der Waals surface area contributed by atoms with Crippen LogP contribution in [0.2, 0.25) is 0 Å². The van der Waals surface area contributed by atoms with Gasteiger partial charge in [-0.3, -0.25) is 10.1 Å². The molecule has 0 aliphatic carbocycles. The van der Waals surface area contributed by atoms with Crippen LogP contribution in [-0.4, -0.2) is 12.5 Å². The maximum absolute atomic E-state index is 11.8. The normalized spacial score (nSPS) is 21.9. The first-order valence-corrected chi connectivity index (χ1v) is 8.26. The van der Waals surface area contributed by atoms with Crippen molar-refractivity contribution in [2.75, 3.05) is 6.54 Å². The van der Waals surface area contributed by atoms with Crippen molar-refractivity contribution in [3.05, 3.63) is 68.6 Å². The summed E-state index contributed by atoms with van der Waals surface area (Å²) >= 11 is 6.89. The molecule has 2 N–H and O–H groups in total. The smallest absolute Gasteiger partial charge is 0.234 e. The number of hydrogen-bond donors (Lipinski definition) is 2. The van der Waals surface area contributed by atoms with Crippen molar-refractivity contribution in [2.24, 2.45) is 0 Å². The molecule has 3 nitrogen and oxygen atoms in total. The van der Waals surface area contributed by atoms with Gasteiger partial charge < -0.3 is 5.32 Å². The number of halogens is 2. The van der Waals surface area contributed by atoms with Crippen molar-refractivity contribution in [2.45, 2.75) is 12.1 Å². The van der Waals surface area contributed by atoms with Crippen molar-refractivity contribution in [1.82, 2.24) is 10.6 Å². The van der Waals surface area contributed by atoms with Gasteiger partial charge in [0.25, 0.3) is 0 Å². The third-order valence-electron chi connectivity index (χ3n) is 3.59. The van der Waals surface area contributed by atoms with E-state index in [1.165, 1.54) is 0 Å². The number of rotatable bonds is 2. The first-order valence-electron chi connectivity index (χ1n) is 6.67. The minimum Gasteiger partial charge on any atom is -0.346 e. The molecule has 0 spiro atoms. The lowest BCUT2D eigenvalue weighted by molar-refractivity contribution is -0.123. The second-order valence-corrected chi connectivity index (χ2v) is 6.84. The molecule has 2 aromatic rings. The molecule has 0 saturated carbocycles. The lowest BCUT2D eigenvalue weighted by Crippen LogP contribution is -2.49. The highest BCUT2D eigenvalue weighted by atomic mass is 79.9. The number of hydrogen-bond acceptors (Lipinski definition) is 2. The molecule has 2 atom stereocenters. The first kappa shape index (κ1) is 14.8. The number of benzene rings is 2. The van der Waals surface area contributed by atoms with Gasteiger partial charge in [-0.2, -0.15) is 0 Å². The molecule has 108 valence electrons.